The molecule has 0 spiro atoms. The molecule has 0 radical (unpaired) electrons. The van der Waals surface area contributed by atoms with Gasteiger partial charge in [0, 0.05) is 24.4 Å². The summed E-state index contributed by atoms with van der Waals surface area (Å²) >= 11 is 0. The lowest BCUT2D eigenvalue weighted by atomic mass is 9.94. The van der Waals surface area contributed by atoms with Crippen molar-refractivity contribution < 1.29 is 14.4 Å². The number of hydrogen-bond donors (Lipinski definition) is 1. The number of nitrogens with zero attached hydrogens (tertiary/aromatic N) is 1. The van der Waals surface area contributed by atoms with Gasteiger partial charge < -0.3 is 14.8 Å². The summed E-state index contributed by atoms with van der Waals surface area (Å²) in [4.78, 5) is 10.6. The van der Waals surface area contributed by atoms with Gasteiger partial charge in [-0.15, -0.1) is 0 Å². The van der Waals surface area contributed by atoms with Gasteiger partial charge in [0.15, 0.2) is 5.75 Å². The van der Waals surface area contributed by atoms with E-state index in [0.29, 0.717) is 6.61 Å². The number of ether oxygens (including phenoxy) is 2. The summed E-state index contributed by atoms with van der Waals surface area (Å²) in [5.41, 5.74) is 0.554. The Kier molecular flexibility index (Phi) is 4.13. The van der Waals surface area contributed by atoms with Crippen LogP contribution in [0.15, 0.2) is 18.2 Å². The van der Waals surface area contributed by atoms with Crippen molar-refractivity contribution in [2.24, 2.45) is 0 Å². The van der Waals surface area contributed by atoms with Gasteiger partial charge in [0.05, 0.1) is 17.6 Å². The fourth-order valence-electron chi connectivity index (χ4n) is 2.51. The first-order valence-corrected chi connectivity index (χ1v) is 6.64. The van der Waals surface area contributed by atoms with E-state index < -0.39 is 4.92 Å². The first-order valence-electron chi connectivity index (χ1n) is 6.64. The summed E-state index contributed by atoms with van der Waals surface area (Å²) in [5.74, 6) is 0.271. The van der Waals surface area contributed by atoms with E-state index in [1.54, 1.807) is 12.1 Å². The maximum Gasteiger partial charge on any atom is 0.312 e. The van der Waals surface area contributed by atoms with Crippen LogP contribution in [-0.4, -0.2) is 30.3 Å². The molecule has 0 aromatic heterocycles. The second-order valence-corrected chi connectivity index (χ2v) is 5.59. The van der Waals surface area contributed by atoms with Crippen molar-refractivity contribution in [2.75, 3.05) is 19.0 Å². The molecule has 6 heteroatoms. The second kappa shape index (κ2) is 5.66. The smallest absolute Gasteiger partial charge is 0.312 e. The van der Waals surface area contributed by atoms with Crippen molar-refractivity contribution in [2.45, 2.75) is 38.3 Å². The summed E-state index contributed by atoms with van der Waals surface area (Å²) in [6, 6.07) is 5.19. The second-order valence-electron chi connectivity index (χ2n) is 5.59. The lowest BCUT2D eigenvalue weighted by Crippen LogP contribution is -2.40. The zero-order chi connectivity index (χ0) is 14.8. The first kappa shape index (κ1) is 14.6. The minimum absolute atomic E-state index is 0.0242. The highest BCUT2D eigenvalue weighted by Crippen LogP contribution is 2.32. The monoisotopic (exact) mass is 280 g/mol. The summed E-state index contributed by atoms with van der Waals surface area (Å²) in [6.07, 6.45) is 1.76. The Morgan fingerprint density at radius 1 is 1.50 bits per heavy atom. The highest BCUT2D eigenvalue weighted by Gasteiger charge is 2.29. The molecule has 0 bridgehead atoms. The van der Waals surface area contributed by atoms with Gasteiger partial charge in [-0.25, -0.2) is 0 Å². The molecule has 0 aliphatic carbocycles. The average molecular weight is 280 g/mol. The van der Waals surface area contributed by atoms with Gasteiger partial charge in [-0.2, -0.15) is 0 Å². The van der Waals surface area contributed by atoms with Crippen LogP contribution in [0.3, 0.4) is 0 Å². The van der Waals surface area contributed by atoms with E-state index in [2.05, 4.69) is 19.2 Å². The van der Waals surface area contributed by atoms with E-state index in [1.807, 2.05) is 0 Å². The SMILES string of the molecule is COc1ccc(NC2CCOC(C)(C)C2)cc1[N+](=O)[O-]. The topological polar surface area (TPSA) is 73.6 Å². The predicted molar refractivity (Wildman–Crippen MR) is 76.3 cm³/mol. The number of rotatable bonds is 4. The highest BCUT2D eigenvalue weighted by atomic mass is 16.6. The van der Waals surface area contributed by atoms with Crippen LogP contribution in [0.2, 0.25) is 0 Å². The number of anilines is 1. The summed E-state index contributed by atoms with van der Waals surface area (Å²) < 4.78 is 10.7. The van der Waals surface area contributed by atoms with Gasteiger partial charge in [-0.3, -0.25) is 10.1 Å². The Balaban J connectivity index is 2.13. The maximum atomic E-state index is 11.0. The molecule has 0 saturated carbocycles. The van der Waals surface area contributed by atoms with Gasteiger partial charge in [0.25, 0.3) is 0 Å². The molecule has 1 atom stereocenters. The van der Waals surface area contributed by atoms with Crippen LogP contribution in [0.1, 0.15) is 26.7 Å². The number of nitro groups is 1. The van der Waals surface area contributed by atoms with Crippen LogP contribution in [0.25, 0.3) is 0 Å². The fourth-order valence-corrected chi connectivity index (χ4v) is 2.51. The quantitative estimate of drug-likeness (QED) is 0.678. The molecule has 6 nitrogen and oxygen atoms in total. The minimum Gasteiger partial charge on any atom is -0.490 e. The number of nitro benzene ring substituents is 1. The van der Waals surface area contributed by atoms with Crippen LogP contribution < -0.4 is 10.1 Å². The van der Waals surface area contributed by atoms with E-state index in [-0.39, 0.29) is 23.1 Å². The third-order valence-electron chi connectivity index (χ3n) is 3.44. The van der Waals surface area contributed by atoms with Gasteiger partial charge in [-0.05, 0) is 38.8 Å². The van der Waals surface area contributed by atoms with Gasteiger partial charge in [0.1, 0.15) is 0 Å². The summed E-state index contributed by atoms with van der Waals surface area (Å²) in [5, 5.41) is 14.3. The molecule has 0 amide bonds. The molecule has 1 aromatic carbocycles. The minimum atomic E-state index is -0.433. The van der Waals surface area contributed by atoms with Gasteiger partial charge >= 0.3 is 5.69 Å². The molecular formula is C14H20N2O4. The van der Waals surface area contributed by atoms with E-state index in [4.69, 9.17) is 9.47 Å². The molecular weight excluding hydrogens is 260 g/mol. The lowest BCUT2D eigenvalue weighted by Gasteiger charge is -2.36. The molecule has 1 unspecified atom stereocenters. The molecule has 1 saturated heterocycles. The first-order chi connectivity index (χ1) is 9.41. The highest BCUT2D eigenvalue weighted by molar-refractivity contribution is 5.58. The number of benzene rings is 1. The van der Waals surface area contributed by atoms with Crippen LogP contribution >= 0.6 is 0 Å². The van der Waals surface area contributed by atoms with Crippen molar-refractivity contribution in [3.63, 3.8) is 0 Å². The Hall–Kier alpha value is -1.82. The third-order valence-corrected chi connectivity index (χ3v) is 3.44. The number of hydrogen-bond acceptors (Lipinski definition) is 5. The van der Waals surface area contributed by atoms with E-state index in [1.165, 1.54) is 13.2 Å². The largest absolute Gasteiger partial charge is 0.490 e. The Labute approximate surface area is 118 Å². The van der Waals surface area contributed by atoms with Crippen molar-refractivity contribution in [3.05, 3.63) is 28.3 Å². The molecule has 1 N–H and O–H groups in total. The Morgan fingerprint density at radius 3 is 2.85 bits per heavy atom. The predicted octanol–water partition coefficient (Wildman–Crippen LogP) is 2.97. The Bertz CT molecular complexity index is 502. The lowest BCUT2D eigenvalue weighted by molar-refractivity contribution is -0.385. The maximum absolute atomic E-state index is 11.0. The third kappa shape index (κ3) is 3.39. The van der Waals surface area contributed by atoms with Crippen LogP contribution in [-0.2, 0) is 4.74 Å². The molecule has 1 aliphatic heterocycles. The van der Waals surface area contributed by atoms with Crippen molar-refractivity contribution >= 4 is 11.4 Å². The zero-order valence-electron chi connectivity index (χ0n) is 12.0. The van der Waals surface area contributed by atoms with E-state index >= 15 is 0 Å². The van der Waals surface area contributed by atoms with E-state index in [0.717, 1.165) is 18.5 Å². The zero-order valence-corrected chi connectivity index (χ0v) is 12.0. The van der Waals surface area contributed by atoms with Crippen molar-refractivity contribution in [3.8, 4) is 5.75 Å². The number of methoxy groups -OCH3 is 1. The van der Waals surface area contributed by atoms with Crippen LogP contribution in [0.4, 0.5) is 11.4 Å². The normalized spacial score (nSPS) is 21.2. The molecule has 1 aromatic rings. The molecule has 1 heterocycles. The van der Waals surface area contributed by atoms with Gasteiger partial charge in [-0.1, -0.05) is 0 Å². The van der Waals surface area contributed by atoms with E-state index in [9.17, 15) is 10.1 Å². The van der Waals surface area contributed by atoms with Crippen LogP contribution in [0.5, 0.6) is 5.75 Å². The fraction of sp³-hybridized carbons (Fsp3) is 0.571. The van der Waals surface area contributed by atoms with Gasteiger partial charge in [0.2, 0.25) is 0 Å². The van der Waals surface area contributed by atoms with Crippen molar-refractivity contribution in [1.29, 1.82) is 0 Å². The Morgan fingerprint density at radius 2 is 2.25 bits per heavy atom. The number of nitrogens with one attached hydrogen (secondary N) is 1. The molecule has 20 heavy (non-hydrogen) atoms. The molecule has 1 fully saturated rings. The summed E-state index contributed by atoms with van der Waals surface area (Å²) in [6.45, 7) is 4.80. The van der Waals surface area contributed by atoms with Crippen molar-refractivity contribution in [1.82, 2.24) is 0 Å². The summed E-state index contributed by atoms with van der Waals surface area (Å²) in [7, 11) is 1.43. The standard InChI is InChI=1S/C14H20N2O4/c1-14(2)9-11(6-7-20-14)15-10-4-5-13(19-3)12(8-10)16(17)18/h4-5,8,11,15H,6-7,9H2,1-3H3. The molecule has 110 valence electrons. The van der Waals surface area contributed by atoms with Crippen LogP contribution in [0, 0.1) is 10.1 Å². The molecule has 2 rings (SSSR count). The average Bonchev–Trinajstić information content (AvgIpc) is 2.37. The molecule has 1 aliphatic rings.